The molecule has 0 amide bonds. The van der Waals surface area contributed by atoms with Gasteiger partial charge in [0.15, 0.2) is 6.33 Å². The van der Waals surface area contributed by atoms with E-state index in [2.05, 4.69) is 15.5 Å². The normalized spacial score (nSPS) is 11.7. The van der Waals surface area contributed by atoms with Gasteiger partial charge >= 0.3 is 0 Å². The van der Waals surface area contributed by atoms with Gasteiger partial charge in [0.1, 0.15) is 0 Å². The third-order valence-corrected chi connectivity index (χ3v) is 4.52. The Hall–Kier alpha value is -1.76. The monoisotopic (exact) mass is 252 g/mol. The van der Waals surface area contributed by atoms with Crippen molar-refractivity contribution in [1.82, 2.24) is 19.6 Å². The number of nitrogens with zero attached hydrogens (tertiary/aromatic N) is 4. The molecule has 0 aliphatic carbocycles. The first-order chi connectivity index (χ1) is 7.94. The van der Waals surface area contributed by atoms with E-state index in [-0.39, 0.29) is 4.90 Å². The topological polar surface area (TPSA) is 77.7 Å². The van der Waals surface area contributed by atoms with E-state index in [1.807, 2.05) is 13.8 Å². The van der Waals surface area contributed by atoms with Crippen LogP contribution in [0.1, 0.15) is 16.7 Å². The van der Waals surface area contributed by atoms with Crippen molar-refractivity contribution in [1.29, 1.82) is 0 Å². The van der Waals surface area contributed by atoms with Gasteiger partial charge in [0, 0.05) is 0 Å². The van der Waals surface area contributed by atoms with Crippen LogP contribution in [0.25, 0.3) is 0 Å². The number of tetrazole rings is 1. The van der Waals surface area contributed by atoms with E-state index in [0.29, 0.717) is 0 Å². The van der Waals surface area contributed by atoms with Crippen LogP contribution in [0.3, 0.4) is 0 Å². The van der Waals surface area contributed by atoms with Crippen LogP contribution >= 0.6 is 0 Å². The van der Waals surface area contributed by atoms with E-state index in [9.17, 15) is 8.42 Å². The highest BCUT2D eigenvalue weighted by Gasteiger charge is 2.21. The largest absolute Gasteiger partial charge is 0.286 e. The molecule has 1 heterocycles. The van der Waals surface area contributed by atoms with E-state index in [4.69, 9.17) is 0 Å². The lowest BCUT2D eigenvalue weighted by Crippen LogP contribution is -2.15. The zero-order valence-electron chi connectivity index (χ0n) is 9.75. The van der Waals surface area contributed by atoms with Gasteiger partial charge in [0.05, 0.1) is 4.90 Å². The van der Waals surface area contributed by atoms with Crippen molar-refractivity contribution in [2.24, 2.45) is 0 Å². The molecular weight excluding hydrogens is 240 g/mol. The number of rotatable bonds is 2. The summed E-state index contributed by atoms with van der Waals surface area (Å²) in [7, 11) is -3.69. The summed E-state index contributed by atoms with van der Waals surface area (Å²) in [4.78, 5) is 0.230. The summed E-state index contributed by atoms with van der Waals surface area (Å²) in [6.45, 7) is 5.61. The molecule has 0 N–H and O–H groups in total. The Morgan fingerprint density at radius 1 is 1.12 bits per heavy atom. The molecule has 1 aromatic carbocycles. The molecule has 0 fully saturated rings. The summed E-state index contributed by atoms with van der Waals surface area (Å²) in [6.07, 6.45) is 1.07. The van der Waals surface area contributed by atoms with Gasteiger partial charge in [-0.15, -0.1) is 9.19 Å². The molecule has 0 atom stereocenters. The van der Waals surface area contributed by atoms with Gasteiger partial charge in [-0.1, -0.05) is 6.07 Å². The van der Waals surface area contributed by atoms with E-state index in [1.54, 1.807) is 19.1 Å². The van der Waals surface area contributed by atoms with E-state index < -0.39 is 10.0 Å². The Morgan fingerprint density at radius 3 is 2.41 bits per heavy atom. The van der Waals surface area contributed by atoms with Gasteiger partial charge in [0.2, 0.25) is 0 Å². The maximum Gasteiger partial charge on any atom is 0.286 e. The van der Waals surface area contributed by atoms with Gasteiger partial charge in [-0.05, 0) is 54.0 Å². The van der Waals surface area contributed by atoms with Crippen LogP contribution in [0.4, 0.5) is 0 Å². The summed E-state index contributed by atoms with van der Waals surface area (Å²) < 4.78 is 25.2. The fraction of sp³-hybridized carbons (Fsp3) is 0.300. The minimum Gasteiger partial charge on any atom is -0.199 e. The number of aromatic nitrogens is 4. The maximum absolute atomic E-state index is 12.2. The van der Waals surface area contributed by atoms with Crippen LogP contribution in [0, 0.1) is 20.8 Å². The molecule has 6 nitrogen and oxygen atoms in total. The van der Waals surface area contributed by atoms with E-state index >= 15 is 0 Å². The van der Waals surface area contributed by atoms with Crippen molar-refractivity contribution in [3.63, 3.8) is 0 Å². The van der Waals surface area contributed by atoms with Crippen LogP contribution < -0.4 is 0 Å². The van der Waals surface area contributed by atoms with Gasteiger partial charge < -0.3 is 0 Å². The van der Waals surface area contributed by atoms with Crippen molar-refractivity contribution in [2.45, 2.75) is 25.7 Å². The molecule has 0 aliphatic heterocycles. The molecule has 17 heavy (non-hydrogen) atoms. The Kier molecular flexibility index (Phi) is 2.70. The molecule has 0 radical (unpaired) electrons. The molecule has 2 aromatic rings. The van der Waals surface area contributed by atoms with Crippen LogP contribution in [-0.2, 0) is 10.0 Å². The maximum atomic E-state index is 12.2. The Labute approximate surface area is 99.3 Å². The molecule has 0 unspecified atom stereocenters. The summed E-state index contributed by atoms with van der Waals surface area (Å²) >= 11 is 0. The Morgan fingerprint density at radius 2 is 1.82 bits per heavy atom. The third-order valence-electron chi connectivity index (χ3n) is 2.86. The van der Waals surface area contributed by atoms with E-state index in [1.165, 1.54) is 0 Å². The van der Waals surface area contributed by atoms with Gasteiger partial charge in [0.25, 0.3) is 10.0 Å². The highest BCUT2D eigenvalue weighted by atomic mass is 32.2. The molecule has 1 aromatic heterocycles. The van der Waals surface area contributed by atoms with Gasteiger partial charge in [-0.25, -0.2) is 0 Å². The second kappa shape index (κ2) is 3.92. The predicted octanol–water partition coefficient (Wildman–Crippen LogP) is 0.835. The molecule has 90 valence electrons. The third kappa shape index (κ3) is 1.82. The van der Waals surface area contributed by atoms with Crippen LogP contribution in [-0.4, -0.2) is 28.0 Å². The van der Waals surface area contributed by atoms with Gasteiger partial charge in [-0.2, -0.15) is 8.42 Å². The molecule has 7 heteroatoms. The summed E-state index contributed by atoms with van der Waals surface area (Å²) in [6, 6.07) is 3.36. The molecule has 0 bridgehead atoms. The Balaban J connectivity index is 2.67. The standard InChI is InChI=1S/C10H12N4O2S/c1-7-4-5-10(9(3)8(7)2)17(15,16)14-6-11-12-13-14/h4-6H,1-3H3. The average Bonchev–Trinajstić information content (AvgIpc) is 2.79. The number of hydrogen-bond acceptors (Lipinski definition) is 5. The molecule has 0 aliphatic rings. The van der Waals surface area contributed by atoms with Crippen LogP contribution in [0.15, 0.2) is 23.4 Å². The van der Waals surface area contributed by atoms with Crippen molar-refractivity contribution >= 4 is 10.0 Å². The molecule has 0 saturated heterocycles. The van der Waals surface area contributed by atoms with E-state index in [0.717, 1.165) is 27.1 Å². The molecule has 2 rings (SSSR count). The first-order valence-electron chi connectivity index (χ1n) is 5.00. The van der Waals surface area contributed by atoms with Crippen molar-refractivity contribution in [3.05, 3.63) is 35.2 Å². The first-order valence-corrected chi connectivity index (χ1v) is 6.44. The van der Waals surface area contributed by atoms with Crippen molar-refractivity contribution < 1.29 is 8.42 Å². The van der Waals surface area contributed by atoms with Crippen LogP contribution in [0.5, 0.6) is 0 Å². The van der Waals surface area contributed by atoms with Crippen molar-refractivity contribution in [2.75, 3.05) is 0 Å². The second-order valence-corrected chi connectivity index (χ2v) is 5.58. The summed E-state index contributed by atoms with van der Waals surface area (Å²) in [5.74, 6) is 0. The van der Waals surface area contributed by atoms with Gasteiger partial charge in [-0.3, -0.25) is 0 Å². The highest BCUT2D eigenvalue weighted by molar-refractivity contribution is 7.89. The van der Waals surface area contributed by atoms with Crippen molar-refractivity contribution in [3.8, 4) is 0 Å². The fourth-order valence-corrected chi connectivity index (χ4v) is 2.85. The molecule has 0 spiro atoms. The van der Waals surface area contributed by atoms with Crippen LogP contribution in [0.2, 0.25) is 0 Å². The zero-order valence-corrected chi connectivity index (χ0v) is 10.6. The fourth-order valence-electron chi connectivity index (χ4n) is 1.57. The average molecular weight is 252 g/mol. The lowest BCUT2D eigenvalue weighted by atomic mass is 10.1. The highest BCUT2D eigenvalue weighted by Crippen LogP contribution is 2.22. The number of aryl methyl sites for hydroxylation is 1. The first kappa shape index (κ1) is 11.7. The lowest BCUT2D eigenvalue weighted by Gasteiger charge is -2.10. The second-order valence-electron chi connectivity index (χ2n) is 3.82. The SMILES string of the molecule is Cc1ccc(S(=O)(=O)n2cnnn2)c(C)c1C. The summed E-state index contributed by atoms with van der Waals surface area (Å²) in [5, 5.41) is 10.1. The summed E-state index contributed by atoms with van der Waals surface area (Å²) in [5.41, 5.74) is 2.73. The Bertz CT molecular complexity index is 647. The minimum absolute atomic E-state index is 0.230. The lowest BCUT2D eigenvalue weighted by molar-refractivity contribution is 0.576. The number of hydrogen-bond donors (Lipinski definition) is 0. The molecular formula is C10H12N4O2S. The quantitative estimate of drug-likeness (QED) is 0.791. The minimum atomic E-state index is -3.69. The predicted molar refractivity (Wildman–Crippen MR) is 61.1 cm³/mol. The molecule has 0 saturated carbocycles. The number of benzene rings is 1. The smallest absolute Gasteiger partial charge is 0.199 e. The zero-order chi connectivity index (χ0) is 12.6.